The van der Waals surface area contributed by atoms with E-state index in [1.165, 1.54) is 27.6 Å². The van der Waals surface area contributed by atoms with Gasteiger partial charge in [-0.1, -0.05) is 37.3 Å². The van der Waals surface area contributed by atoms with Crippen LogP contribution in [0.2, 0.25) is 0 Å². The molecule has 1 aromatic heterocycles. The smallest absolute Gasteiger partial charge is 0.414 e. The number of hydrogen-bond donors (Lipinski definition) is 2. The Morgan fingerprint density at radius 3 is 2.40 bits per heavy atom. The highest BCUT2D eigenvalue weighted by atomic mass is 16.5. The monoisotopic (exact) mass is 477 g/mol. The number of nitrogens with zero attached hydrogens (tertiary/aromatic N) is 3. The number of carbonyl (C=O) groups is 2. The summed E-state index contributed by atoms with van der Waals surface area (Å²) in [5.41, 5.74) is 4.02. The Hall–Kier alpha value is -3.65. The van der Waals surface area contributed by atoms with Crippen LogP contribution >= 0.6 is 0 Å². The van der Waals surface area contributed by atoms with Crippen LogP contribution in [0.5, 0.6) is 5.75 Å². The second-order valence-corrected chi connectivity index (χ2v) is 8.78. The second-order valence-electron chi connectivity index (χ2n) is 8.78. The second kappa shape index (κ2) is 10.7. The molecule has 0 saturated carbocycles. The number of piperazine rings is 1. The Labute approximate surface area is 204 Å². The van der Waals surface area contributed by atoms with Gasteiger partial charge in [0.25, 0.3) is 0 Å². The molecule has 1 saturated heterocycles. The van der Waals surface area contributed by atoms with Crippen molar-refractivity contribution < 1.29 is 24.5 Å². The van der Waals surface area contributed by atoms with Crippen LogP contribution < -0.4 is 9.64 Å². The first kappa shape index (κ1) is 24.5. The van der Waals surface area contributed by atoms with Gasteiger partial charge < -0.3 is 24.7 Å². The summed E-state index contributed by atoms with van der Waals surface area (Å²) < 4.78 is 5.50. The van der Waals surface area contributed by atoms with Gasteiger partial charge in [0.15, 0.2) is 0 Å². The molecule has 1 unspecified atom stereocenters. The number of pyridine rings is 1. The summed E-state index contributed by atoms with van der Waals surface area (Å²) in [5.74, 6) is -1.21. The molecule has 5 rings (SSSR count). The minimum absolute atomic E-state index is 0.348. The normalized spacial score (nSPS) is 17.4. The van der Waals surface area contributed by atoms with Gasteiger partial charge in [-0.05, 0) is 54.1 Å². The van der Waals surface area contributed by atoms with Crippen LogP contribution in [0, 0.1) is 0 Å². The van der Waals surface area contributed by atoms with E-state index in [1.54, 1.807) is 7.11 Å². The molecule has 2 aliphatic rings. The molecule has 0 radical (unpaired) electrons. The van der Waals surface area contributed by atoms with E-state index in [-0.39, 0.29) is 0 Å². The fraction of sp³-hybridized carbons (Fsp3) is 0.370. The van der Waals surface area contributed by atoms with E-state index >= 15 is 0 Å². The summed E-state index contributed by atoms with van der Waals surface area (Å²) in [7, 11) is 1.74. The van der Waals surface area contributed by atoms with Crippen LogP contribution in [-0.4, -0.2) is 71.9 Å². The first-order valence-electron chi connectivity index (χ1n) is 11.9. The molecular weight excluding hydrogens is 446 g/mol. The minimum atomic E-state index is -1.82. The highest BCUT2D eigenvalue weighted by Gasteiger charge is 2.28. The van der Waals surface area contributed by atoms with Gasteiger partial charge in [-0.15, -0.1) is 0 Å². The Bertz CT molecular complexity index is 1210. The van der Waals surface area contributed by atoms with Gasteiger partial charge in [0.2, 0.25) is 0 Å². The zero-order valence-corrected chi connectivity index (χ0v) is 20.1. The number of benzene rings is 2. The van der Waals surface area contributed by atoms with Crippen molar-refractivity contribution in [3.05, 3.63) is 65.4 Å². The largest absolute Gasteiger partial charge is 0.497 e. The van der Waals surface area contributed by atoms with Gasteiger partial charge in [0.1, 0.15) is 11.6 Å². The first-order chi connectivity index (χ1) is 16.9. The minimum Gasteiger partial charge on any atom is -0.497 e. The lowest BCUT2D eigenvalue weighted by atomic mass is 9.95. The summed E-state index contributed by atoms with van der Waals surface area (Å²) in [4.78, 5) is 28.5. The zero-order chi connectivity index (χ0) is 24.9. The number of aromatic nitrogens is 1. The molecule has 1 aliphatic carbocycles. The zero-order valence-electron chi connectivity index (χ0n) is 20.1. The average Bonchev–Trinajstić information content (AvgIpc) is 3.31. The summed E-state index contributed by atoms with van der Waals surface area (Å²) >= 11 is 0. The van der Waals surface area contributed by atoms with Crippen LogP contribution in [0.25, 0.3) is 10.8 Å². The van der Waals surface area contributed by atoms with Crippen LogP contribution in [0.15, 0.2) is 48.5 Å². The van der Waals surface area contributed by atoms with E-state index in [0.717, 1.165) is 57.1 Å². The van der Waals surface area contributed by atoms with Crippen LogP contribution in [0.4, 0.5) is 5.82 Å². The van der Waals surface area contributed by atoms with Gasteiger partial charge in [-0.3, -0.25) is 0 Å². The molecule has 0 spiro atoms. The lowest BCUT2D eigenvalue weighted by molar-refractivity contribution is -0.159. The van der Waals surface area contributed by atoms with E-state index in [0.29, 0.717) is 5.92 Å². The van der Waals surface area contributed by atoms with Crippen LogP contribution in [-0.2, 0) is 16.0 Å². The molecule has 184 valence electrons. The standard InChI is InChI=1S/C25H29N3O.C2H2O4/c1-3-27-12-14-28(15-13-27)25-21-7-5-4-6-19(21)16-24(26-25)22-11-9-18-8-10-20(29-2)17-23(18)22;3-1(4)2(5)6/h4-8,10,16-17,22H,3,9,11-15H2,1-2H3;(H,3,4)(H,5,6). The molecule has 1 atom stereocenters. The third kappa shape index (κ3) is 5.38. The predicted molar refractivity (Wildman–Crippen MR) is 134 cm³/mol. The summed E-state index contributed by atoms with van der Waals surface area (Å²) in [6, 6.07) is 17.5. The van der Waals surface area contributed by atoms with Gasteiger partial charge in [-0.25, -0.2) is 14.6 Å². The molecule has 1 aliphatic heterocycles. The number of aryl methyl sites for hydroxylation is 1. The number of fused-ring (bicyclic) bond motifs is 2. The Kier molecular flexibility index (Phi) is 7.51. The third-order valence-electron chi connectivity index (χ3n) is 6.83. The number of aliphatic carboxylic acids is 2. The van der Waals surface area contributed by atoms with E-state index in [4.69, 9.17) is 29.5 Å². The summed E-state index contributed by atoms with van der Waals surface area (Å²) in [6.07, 6.45) is 2.24. The highest BCUT2D eigenvalue weighted by molar-refractivity contribution is 6.27. The van der Waals surface area contributed by atoms with Crippen molar-refractivity contribution >= 4 is 28.5 Å². The molecule has 2 heterocycles. The number of likely N-dealkylation sites (N-methyl/N-ethyl adjacent to an activating group) is 1. The van der Waals surface area contributed by atoms with Gasteiger partial charge in [0, 0.05) is 37.5 Å². The molecule has 0 bridgehead atoms. The number of rotatable bonds is 4. The fourth-order valence-electron chi connectivity index (χ4n) is 4.91. The highest BCUT2D eigenvalue weighted by Crippen LogP contribution is 2.41. The van der Waals surface area contributed by atoms with Gasteiger partial charge in [0.05, 0.1) is 12.8 Å². The number of carboxylic acid groups (broad SMARTS) is 2. The van der Waals surface area contributed by atoms with Crippen LogP contribution in [0.3, 0.4) is 0 Å². The quantitative estimate of drug-likeness (QED) is 0.550. The van der Waals surface area contributed by atoms with E-state index in [2.05, 4.69) is 65.3 Å². The van der Waals surface area contributed by atoms with E-state index in [1.807, 2.05) is 0 Å². The molecular formula is C27H31N3O5. The summed E-state index contributed by atoms with van der Waals surface area (Å²) in [5, 5.41) is 17.3. The number of hydrogen-bond acceptors (Lipinski definition) is 6. The van der Waals surface area contributed by atoms with Crippen molar-refractivity contribution in [2.45, 2.75) is 25.7 Å². The average molecular weight is 478 g/mol. The fourth-order valence-corrected chi connectivity index (χ4v) is 4.91. The summed E-state index contributed by atoms with van der Waals surface area (Å²) in [6.45, 7) is 7.69. The lowest BCUT2D eigenvalue weighted by Gasteiger charge is -2.35. The van der Waals surface area contributed by atoms with E-state index in [9.17, 15) is 0 Å². The van der Waals surface area contributed by atoms with Crippen LogP contribution in [0.1, 0.15) is 36.1 Å². The van der Waals surface area contributed by atoms with Crippen molar-refractivity contribution in [1.29, 1.82) is 0 Å². The maximum Gasteiger partial charge on any atom is 0.414 e. The molecule has 2 aromatic carbocycles. The first-order valence-corrected chi connectivity index (χ1v) is 11.9. The van der Waals surface area contributed by atoms with Gasteiger partial charge >= 0.3 is 11.9 Å². The molecule has 8 heteroatoms. The Morgan fingerprint density at radius 1 is 1.03 bits per heavy atom. The maximum absolute atomic E-state index is 9.10. The molecule has 1 fully saturated rings. The molecule has 0 amide bonds. The topological polar surface area (TPSA) is 103 Å². The molecule has 35 heavy (non-hydrogen) atoms. The van der Waals surface area contributed by atoms with Crippen molar-refractivity contribution in [2.75, 3.05) is 44.7 Å². The lowest BCUT2D eigenvalue weighted by Crippen LogP contribution is -2.46. The number of carboxylic acids is 2. The maximum atomic E-state index is 9.10. The van der Waals surface area contributed by atoms with Crippen molar-refractivity contribution in [2.24, 2.45) is 0 Å². The number of ether oxygens (including phenoxy) is 1. The molecule has 3 aromatic rings. The molecule has 8 nitrogen and oxygen atoms in total. The molecule has 2 N–H and O–H groups in total. The van der Waals surface area contributed by atoms with Crippen molar-refractivity contribution in [3.63, 3.8) is 0 Å². The Morgan fingerprint density at radius 2 is 1.74 bits per heavy atom. The van der Waals surface area contributed by atoms with Crippen molar-refractivity contribution in [3.8, 4) is 5.75 Å². The number of methoxy groups -OCH3 is 1. The van der Waals surface area contributed by atoms with E-state index < -0.39 is 11.9 Å². The SMILES string of the molecule is CCN1CCN(c2nc(C3CCc4ccc(OC)cc43)cc3ccccc23)CC1.O=C(O)C(=O)O. The predicted octanol–water partition coefficient (Wildman–Crippen LogP) is 3.62. The third-order valence-corrected chi connectivity index (χ3v) is 6.83. The van der Waals surface area contributed by atoms with Gasteiger partial charge in [-0.2, -0.15) is 0 Å². The number of anilines is 1. The van der Waals surface area contributed by atoms with Crippen molar-refractivity contribution in [1.82, 2.24) is 9.88 Å². The Balaban J connectivity index is 0.000000431.